The fraction of sp³-hybridized carbons (Fsp3) is 0.222. The molecule has 7 nitrogen and oxygen atoms in total. The Morgan fingerprint density at radius 1 is 1.24 bits per heavy atom. The summed E-state index contributed by atoms with van der Waals surface area (Å²) < 4.78 is 5.98. The molecule has 0 radical (unpaired) electrons. The number of ether oxygens (including phenoxy) is 1. The second-order valence-corrected chi connectivity index (χ2v) is 7.58. The molecule has 2 aromatic carbocycles. The molecule has 0 spiro atoms. The van der Waals surface area contributed by atoms with Crippen molar-refractivity contribution >= 4 is 17.5 Å². The lowest BCUT2D eigenvalue weighted by Crippen LogP contribution is -2.40. The first-order valence-corrected chi connectivity index (χ1v) is 11.2. The summed E-state index contributed by atoms with van der Waals surface area (Å²) in [7, 11) is 1.70. The maximum Gasteiger partial charge on any atom is 0.237 e. The maximum atomic E-state index is 9.15. The van der Waals surface area contributed by atoms with Crippen molar-refractivity contribution < 1.29 is 4.74 Å². The number of nitrogens with two attached hydrogens (primary N) is 1. The number of hydrogen-bond acceptors (Lipinski definition) is 7. The highest BCUT2D eigenvalue weighted by Crippen LogP contribution is 2.29. The molecule has 0 bridgehead atoms. The molecule has 2 heterocycles. The molecule has 0 saturated heterocycles. The standard InChI is InChI=1S/C21H24N6O.C6H6/c1-24-11-18(10-23)17-8-20-21(27-12-17)28-19(14-26-20)13-25-7-6-15-4-2-3-5-16(15)9-22;1-2-4-6-5-3-1/h2-5,8,10-12,19,25-26H,6-7,13-14,23H2,1H3;1-6H/b18-10+,24-11?;. The number of aromatic nitrogens is 1. The summed E-state index contributed by atoms with van der Waals surface area (Å²) in [5, 5.41) is 15.9. The summed E-state index contributed by atoms with van der Waals surface area (Å²) in [6.45, 7) is 2.16. The smallest absolute Gasteiger partial charge is 0.237 e. The molecule has 4 rings (SSSR count). The number of nitrogens with one attached hydrogen (secondary N) is 2. The zero-order valence-corrected chi connectivity index (χ0v) is 19.3. The lowest BCUT2D eigenvalue weighted by molar-refractivity contribution is 0.194. The Labute approximate surface area is 201 Å². The van der Waals surface area contributed by atoms with E-state index in [0.717, 1.165) is 40.9 Å². The van der Waals surface area contributed by atoms with Crippen LogP contribution in [0.1, 0.15) is 16.7 Å². The van der Waals surface area contributed by atoms with Crippen LogP contribution < -0.4 is 21.1 Å². The minimum absolute atomic E-state index is 0.0150. The van der Waals surface area contributed by atoms with Crippen molar-refractivity contribution in [2.45, 2.75) is 12.5 Å². The van der Waals surface area contributed by atoms with Gasteiger partial charge in [-0.25, -0.2) is 4.98 Å². The van der Waals surface area contributed by atoms with Crippen LogP contribution in [0.4, 0.5) is 5.69 Å². The highest BCUT2D eigenvalue weighted by molar-refractivity contribution is 6.09. The predicted octanol–water partition coefficient (Wildman–Crippen LogP) is 3.65. The third-order valence-corrected chi connectivity index (χ3v) is 5.18. The van der Waals surface area contributed by atoms with Gasteiger partial charge >= 0.3 is 0 Å². The van der Waals surface area contributed by atoms with Gasteiger partial charge in [-0.05, 0) is 30.7 Å². The third kappa shape index (κ3) is 7.19. The number of nitrogens with zero attached hydrogens (tertiary/aromatic N) is 3. The summed E-state index contributed by atoms with van der Waals surface area (Å²) in [5.41, 5.74) is 9.98. The molecule has 1 atom stereocenters. The first-order chi connectivity index (χ1) is 16.7. The highest BCUT2D eigenvalue weighted by atomic mass is 16.5. The van der Waals surface area contributed by atoms with Crippen LogP contribution in [0.15, 0.2) is 84.1 Å². The summed E-state index contributed by atoms with van der Waals surface area (Å²) in [5.74, 6) is 0.585. The molecule has 1 aliphatic rings. The average molecular weight is 455 g/mol. The van der Waals surface area contributed by atoms with Crippen molar-refractivity contribution in [1.29, 1.82) is 5.26 Å². The zero-order valence-electron chi connectivity index (χ0n) is 19.3. The van der Waals surface area contributed by atoms with Gasteiger partial charge in [0.2, 0.25) is 5.88 Å². The Kier molecular flexibility index (Phi) is 9.66. The molecule has 0 fully saturated rings. The van der Waals surface area contributed by atoms with Crippen molar-refractivity contribution in [3.63, 3.8) is 0 Å². The van der Waals surface area contributed by atoms with Crippen molar-refractivity contribution in [3.05, 3.63) is 95.8 Å². The topological polar surface area (TPSA) is 108 Å². The second kappa shape index (κ2) is 13.4. The minimum atomic E-state index is -0.0150. The molecule has 174 valence electrons. The van der Waals surface area contributed by atoms with E-state index in [9.17, 15) is 0 Å². The number of pyridine rings is 1. The summed E-state index contributed by atoms with van der Waals surface area (Å²) >= 11 is 0. The number of rotatable bonds is 7. The third-order valence-electron chi connectivity index (χ3n) is 5.18. The van der Waals surface area contributed by atoms with Crippen molar-refractivity contribution in [2.75, 3.05) is 32.0 Å². The largest absolute Gasteiger partial charge is 0.470 e. The van der Waals surface area contributed by atoms with Gasteiger partial charge in [-0.3, -0.25) is 4.99 Å². The molecule has 1 aliphatic heterocycles. The van der Waals surface area contributed by atoms with E-state index >= 15 is 0 Å². The maximum absolute atomic E-state index is 9.15. The minimum Gasteiger partial charge on any atom is -0.470 e. The van der Waals surface area contributed by atoms with Gasteiger partial charge in [-0.2, -0.15) is 5.26 Å². The molecule has 0 aliphatic carbocycles. The molecule has 3 aromatic rings. The van der Waals surface area contributed by atoms with Gasteiger partial charge in [0, 0.05) is 43.3 Å². The second-order valence-electron chi connectivity index (χ2n) is 7.58. The van der Waals surface area contributed by atoms with E-state index in [1.807, 2.05) is 66.7 Å². The summed E-state index contributed by atoms with van der Waals surface area (Å²) in [4.78, 5) is 8.42. The number of anilines is 1. The first kappa shape index (κ1) is 24.5. The quantitative estimate of drug-likeness (QED) is 0.372. The molecule has 1 unspecified atom stereocenters. The zero-order chi connectivity index (χ0) is 24.0. The van der Waals surface area contributed by atoms with Crippen LogP contribution in [-0.2, 0) is 6.42 Å². The Bertz CT molecular complexity index is 1110. The Hall–Kier alpha value is -4.15. The Balaban J connectivity index is 0.000000469. The van der Waals surface area contributed by atoms with E-state index in [1.165, 1.54) is 6.20 Å². The lowest BCUT2D eigenvalue weighted by atomic mass is 10.1. The van der Waals surface area contributed by atoms with Gasteiger partial charge in [-0.1, -0.05) is 54.6 Å². The number of benzene rings is 2. The van der Waals surface area contributed by atoms with Crippen LogP contribution in [0.2, 0.25) is 0 Å². The van der Waals surface area contributed by atoms with E-state index in [1.54, 1.807) is 19.5 Å². The van der Waals surface area contributed by atoms with E-state index in [-0.39, 0.29) is 6.10 Å². The van der Waals surface area contributed by atoms with E-state index in [0.29, 0.717) is 19.0 Å². The van der Waals surface area contributed by atoms with Gasteiger partial charge in [0.15, 0.2) is 0 Å². The molecular weight excluding hydrogens is 424 g/mol. The van der Waals surface area contributed by atoms with Crippen LogP contribution in [0.5, 0.6) is 5.88 Å². The van der Waals surface area contributed by atoms with Crippen molar-refractivity contribution in [1.82, 2.24) is 10.3 Å². The molecule has 0 amide bonds. The van der Waals surface area contributed by atoms with Crippen LogP contribution in [0.25, 0.3) is 5.57 Å². The van der Waals surface area contributed by atoms with Gasteiger partial charge in [0.1, 0.15) is 6.10 Å². The number of allylic oxidation sites excluding steroid dienone is 1. The average Bonchev–Trinajstić information content (AvgIpc) is 2.91. The molecule has 7 heteroatoms. The molecule has 1 aromatic heterocycles. The number of aliphatic imine (C=N–C) groups is 1. The highest BCUT2D eigenvalue weighted by Gasteiger charge is 2.20. The molecule has 4 N–H and O–H groups in total. The van der Waals surface area contributed by atoms with E-state index < -0.39 is 0 Å². The lowest BCUT2D eigenvalue weighted by Gasteiger charge is -2.27. The number of nitriles is 1. The van der Waals surface area contributed by atoms with Gasteiger partial charge in [0.25, 0.3) is 0 Å². The molecule has 34 heavy (non-hydrogen) atoms. The SMILES string of the molecule is CN=C/C(=C\N)c1cnc2c(c1)NCC(CNCCc1ccccc1C#N)O2.c1ccccc1. The first-order valence-electron chi connectivity index (χ1n) is 11.2. The normalized spacial score (nSPS) is 14.7. The van der Waals surface area contributed by atoms with Crippen LogP contribution in [0, 0.1) is 11.3 Å². The number of hydrogen-bond donors (Lipinski definition) is 3. The van der Waals surface area contributed by atoms with Gasteiger partial charge in [-0.15, -0.1) is 0 Å². The van der Waals surface area contributed by atoms with Gasteiger partial charge in [0.05, 0.1) is 23.9 Å². The van der Waals surface area contributed by atoms with Crippen LogP contribution in [0.3, 0.4) is 0 Å². The Morgan fingerprint density at radius 3 is 2.65 bits per heavy atom. The summed E-state index contributed by atoms with van der Waals surface area (Å²) in [6, 6.07) is 23.9. The van der Waals surface area contributed by atoms with Crippen molar-refractivity contribution in [3.8, 4) is 11.9 Å². The number of fused-ring (bicyclic) bond motifs is 1. The summed E-state index contributed by atoms with van der Waals surface area (Å²) in [6.07, 6.45) is 5.73. The van der Waals surface area contributed by atoms with Crippen LogP contribution in [-0.4, -0.2) is 44.0 Å². The molecule has 0 saturated carbocycles. The van der Waals surface area contributed by atoms with E-state index in [4.69, 9.17) is 15.7 Å². The van der Waals surface area contributed by atoms with Crippen molar-refractivity contribution in [2.24, 2.45) is 10.7 Å². The fourth-order valence-corrected chi connectivity index (χ4v) is 3.44. The van der Waals surface area contributed by atoms with Crippen LogP contribution >= 0.6 is 0 Å². The van der Waals surface area contributed by atoms with Gasteiger partial charge < -0.3 is 21.1 Å². The van der Waals surface area contributed by atoms with E-state index in [2.05, 4.69) is 26.7 Å². The predicted molar refractivity (Wildman–Crippen MR) is 138 cm³/mol. The fourth-order valence-electron chi connectivity index (χ4n) is 3.44. The molecular formula is C27H30N6O. The Morgan fingerprint density at radius 2 is 1.97 bits per heavy atom. The monoisotopic (exact) mass is 454 g/mol.